The van der Waals surface area contributed by atoms with Crippen LogP contribution in [0, 0.1) is 19.7 Å². The van der Waals surface area contributed by atoms with Gasteiger partial charge in [-0.05, 0) is 37.1 Å². The molecule has 92 valence electrons. The molecule has 0 fully saturated rings. The van der Waals surface area contributed by atoms with E-state index in [2.05, 4.69) is 0 Å². The van der Waals surface area contributed by atoms with Gasteiger partial charge in [0.15, 0.2) is 0 Å². The van der Waals surface area contributed by atoms with Crippen molar-refractivity contribution in [3.8, 4) is 5.75 Å². The highest BCUT2D eigenvalue weighted by atomic mass is 19.1. The molecule has 1 rings (SSSR count). The van der Waals surface area contributed by atoms with Crippen LogP contribution in [-0.4, -0.2) is 18.7 Å². The highest BCUT2D eigenvalue weighted by molar-refractivity contribution is 5.34. The first-order valence-corrected chi connectivity index (χ1v) is 4.95. The first-order chi connectivity index (χ1) is 7.56. The van der Waals surface area contributed by atoms with Crippen molar-refractivity contribution in [1.82, 2.24) is 0 Å². The fourth-order valence-corrected chi connectivity index (χ4v) is 1.02. The number of methoxy groups -OCH3 is 1. The summed E-state index contributed by atoms with van der Waals surface area (Å²) in [4.78, 5) is 8.36. The molecule has 16 heavy (non-hydrogen) atoms. The zero-order valence-corrected chi connectivity index (χ0v) is 10.4. The topological polar surface area (TPSA) is 46.5 Å². The number of hydrogen-bond acceptors (Lipinski definition) is 2. The lowest BCUT2D eigenvalue weighted by Crippen LogP contribution is -1.90. The van der Waals surface area contributed by atoms with E-state index in [0.29, 0.717) is 16.9 Å². The summed E-state index contributed by atoms with van der Waals surface area (Å²) in [5.41, 5.74) is 1.25. The van der Waals surface area contributed by atoms with E-state index in [0.717, 1.165) is 0 Å². The van der Waals surface area contributed by atoms with Crippen LogP contribution in [0.4, 0.5) is 4.39 Å². The van der Waals surface area contributed by atoms with E-state index in [1.165, 1.54) is 0 Å². The molecule has 1 N–H and O–H groups in total. The lowest BCUT2D eigenvalue weighted by atomic mass is 10.1. The molecule has 0 spiro atoms. The van der Waals surface area contributed by atoms with Crippen molar-refractivity contribution in [3.63, 3.8) is 0 Å². The van der Waals surface area contributed by atoms with Crippen molar-refractivity contribution < 1.29 is 19.0 Å². The molecular formula is C12H19FO3. The predicted molar refractivity (Wildman–Crippen MR) is 62.5 cm³/mol. The van der Waals surface area contributed by atoms with Crippen LogP contribution >= 0.6 is 0 Å². The molecule has 0 aliphatic heterocycles. The van der Waals surface area contributed by atoms with Crippen LogP contribution in [0.1, 0.15) is 25.0 Å². The van der Waals surface area contributed by atoms with Crippen LogP contribution in [-0.2, 0) is 4.79 Å². The highest BCUT2D eigenvalue weighted by Crippen LogP contribution is 2.19. The molecule has 0 saturated heterocycles. The average Bonchev–Trinajstić information content (AvgIpc) is 2.29. The van der Waals surface area contributed by atoms with Crippen molar-refractivity contribution in [2.24, 2.45) is 0 Å². The summed E-state index contributed by atoms with van der Waals surface area (Å²) in [5.74, 6) is 0.562. The molecule has 0 heterocycles. The SMILES string of the molecule is CC.COc1cc(C)c(F)c(C)c1.O=CO. The molecule has 0 aliphatic carbocycles. The van der Waals surface area contributed by atoms with E-state index in [1.54, 1.807) is 33.1 Å². The molecular weight excluding hydrogens is 211 g/mol. The lowest BCUT2D eigenvalue weighted by Gasteiger charge is -2.04. The Bertz CT molecular complexity index is 288. The molecule has 0 bridgehead atoms. The smallest absolute Gasteiger partial charge is 0.290 e. The summed E-state index contributed by atoms with van der Waals surface area (Å²) in [6.07, 6.45) is 0. The maximum Gasteiger partial charge on any atom is 0.290 e. The van der Waals surface area contributed by atoms with Crippen molar-refractivity contribution in [2.75, 3.05) is 7.11 Å². The van der Waals surface area contributed by atoms with E-state index >= 15 is 0 Å². The van der Waals surface area contributed by atoms with Crippen LogP contribution in [0.3, 0.4) is 0 Å². The summed E-state index contributed by atoms with van der Waals surface area (Å²) in [7, 11) is 1.58. The van der Waals surface area contributed by atoms with Gasteiger partial charge in [0.05, 0.1) is 7.11 Å². The van der Waals surface area contributed by atoms with Gasteiger partial charge in [-0.25, -0.2) is 4.39 Å². The van der Waals surface area contributed by atoms with Gasteiger partial charge < -0.3 is 9.84 Å². The number of rotatable bonds is 1. The Morgan fingerprint density at radius 3 is 1.81 bits per heavy atom. The molecule has 0 saturated carbocycles. The van der Waals surface area contributed by atoms with Crippen LogP contribution in [0.2, 0.25) is 0 Å². The minimum Gasteiger partial charge on any atom is -0.497 e. The van der Waals surface area contributed by atoms with Gasteiger partial charge in [0.2, 0.25) is 0 Å². The Morgan fingerprint density at radius 2 is 1.56 bits per heavy atom. The average molecular weight is 230 g/mol. The zero-order chi connectivity index (χ0) is 13.1. The molecule has 0 atom stereocenters. The molecule has 0 amide bonds. The molecule has 3 nitrogen and oxygen atoms in total. The first-order valence-electron chi connectivity index (χ1n) is 4.95. The van der Waals surface area contributed by atoms with Crippen LogP contribution < -0.4 is 4.74 Å². The minimum atomic E-state index is -0.250. The fraction of sp³-hybridized carbons (Fsp3) is 0.417. The van der Waals surface area contributed by atoms with Crippen molar-refractivity contribution in [1.29, 1.82) is 0 Å². The molecule has 0 aromatic heterocycles. The maximum absolute atomic E-state index is 13.0. The van der Waals surface area contributed by atoms with Gasteiger partial charge >= 0.3 is 0 Å². The largest absolute Gasteiger partial charge is 0.497 e. The summed E-state index contributed by atoms with van der Waals surface area (Å²) < 4.78 is 18.0. The van der Waals surface area contributed by atoms with E-state index in [-0.39, 0.29) is 12.3 Å². The number of benzene rings is 1. The number of halogens is 1. The van der Waals surface area contributed by atoms with Crippen LogP contribution in [0.15, 0.2) is 12.1 Å². The first kappa shape index (κ1) is 16.8. The molecule has 0 radical (unpaired) electrons. The van der Waals surface area contributed by atoms with E-state index in [1.807, 2.05) is 13.8 Å². The second-order valence-electron chi connectivity index (χ2n) is 2.68. The van der Waals surface area contributed by atoms with Gasteiger partial charge in [-0.1, -0.05) is 13.8 Å². The fourth-order valence-electron chi connectivity index (χ4n) is 1.02. The number of carbonyl (C=O) groups is 1. The van der Waals surface area contributed by atoms with Gasteiger partial charge in [0, 0.05) is 0 Å². The molecule has 1 aromatic rings. The van der Waals surface area contributed by atoms with E-state index in [9.17, 15) is 4.39 Å². The monoisotopic (exact) mass is 230 g/mol. The zero-order valence-electron chi connectivity index (χ0n) is 10.4. The second-order valence-corrected chi connectivity index (χ2v) is 2.68. The van der Waals surface area contributed by atoms with E-state index in [4.69, 9.17) is 14.6 Å². The van der Waals surface area contributed by atoms with Gasteiger partial charge in [-0.3, -0.25) is 4.79 Å². The second kappa shape index (κ2) is 9.96. The number of hydrogen-bond donors (Lipinski definition) is 1. The minimum absolute atomic E-state index is 0.147. The van der Waals surface area contributed by atoms with Gasteiger partial charge in [0.25, 0.3) is 6.47 Å². The van der Waals surface area contributed by atoms with Crippen molar-refractivity contribution >= 4 is 6.47 Å². The predicted octanol–water partition coefficient (Wildman–Crippen LogP) is 3.18. The Balaban J connectivity index is 0. The van der Waals surface area contributed by atoms with Crippen LogP contribution in [0.25, 0.3) is 0 Å². The van der Waals surface area contributed by atoms with Gasteiger partial charge in [0.1, 0.15) is 11.6 Å². The Hall–Kier alpha value is -1.58. The van der Waals surface area contributed by atoms with Crippen molar-refractivity contribution in [2.45, 2.75) is 27.7 Å². The Kier molecular flexibility index (Phi) is 10.5. The third-order valence-corrected chi connectivity index (χ3v) is 1.65. The Morgan fingerprint density at radius 1 is 1.25 bits per heavy atom. The number of aryl methyl sites for hydroxylation is 2. The molecule has 1 aromatic carbocycles. The van der Waals surface area contributed by atoms with E-state index < -0.39 is 0 Å². The number of carboxylic acid groups (broad SMARTS) is 1. The van der Waals surface area contributed by atoms with Crippen LogP contribution in [0.5, 0.6) is 5.75 Å². The van der Waals surface area contributed by atoms with Crippen molar-refractivity contribution in [3.05, 3.63) is 29.1 Å². The summed E-state index contributed by atoms with van der Waals surface area (Å²) in [5, 5.41) is 6.89. The normalized spacial score (nSPS) is 7.88. The molecule has 0 aliphatic rings. The third-order valence-electron chi connectivity index (χ3n) is 1.65. The van der Waals surface area contributed by atoms with Gasteiger partial charge in [-0.15, -0.1) is 0 Å². The third kappa shape index (κ3) is 6.01. The standard InChI is InChI=1S/C9H11FO.C2H6.CH2O2/c1-6-4-8(11-3)5-7(2)9(6)10;1-2;2-1-3/h4-5H,1-3H3;1-2H3;1H,(H,2,3). The Labute approximate surface area is 95.9 Å². The summed E-state index contributed by atoms with van der Waals surface area (Å²) >= 11 is 0. The summed E-state index contributed by atoms with van der Waals surface area (Å²) in [6, 6.07) is 3.37. The molecule has 4 heteroatoms. The quantitative estimate of drug-likeness (QED) is 0.754. The van der Waals surface area contributed by atoms with Gasteiger partial charge in [-0.2, -0.15) is 0 Å². The highest BCUT2D eigenvalue weighted by Gasteiger charge is 2.02. The number of ether oxygens (including phenoxy) is 1. The maximum atomic E-state index is 13.0. The molecule has 0 unspecified atom stereocenters. The summed E-state index contributed by atoms with van der Waals surface area (Å²) in [6.45, 7) is 7.20. The lowest BCUT2D eigenvalue weighted by molar-refractivity contribution is -0.122.